The molecule has 0 fully saturated rings. The highest BCUT2D eigenvalue weighted by Crippen LogP contribution is 2.29. The van der Waals surface area contributed by atoms with Crippen molar-refractivity contribution >= 4 is 22.9 Å². The van der Waals surface area contributed by atoms with Gasteiger partial charge in [-0.15, -0.1) is 11.3 Å². The lowest BCUT2D eigenvalue weighted by molar-refractivity contribution is 1.13. The van der Waals surface area contributed by atoms with Gasteiger partial charge in [0.2, 0.25) is 0 Å². The number of halogens is 1. The van der Waals surface area contributed by atoms with Crippen LogP contribution in [0.4, 0.5) is 0 Å². The summed E-state index contributed by atoms with van der Waals surface area (Å²) in [4.78, 5) is 13.1. The molecule has 0 bridgehead atoms. The Hall–Kier alpha value is -1.78. The first-order valence-corrected chi connectivity index (χ1v) is 7.01. The molecule has 2 heterocycles. The maximum absolute atomic E-state index is 6.21. The van der Waals surface area contributed by atoms with E-state index in [0.717, 1.165) is 21.8 Å². The SMILES string of the molecule is Cc1c(Cl)nc(-c2nccs2)nc1-c1ccccc1. The van der Waals surface area contributed by atoms with Gasteiger partial charge in [-0.25, -0.2) is 15.0 Å². The van der Waals surface area contributed by atoms with Crippen LogP contribution in [-0.4, -0.2) is 15.0 Å². The van der Waals surface area contributed by atoms with E-state index in [4.69, 9.17) is 11.6 Å². The summed E-state index contributed by atoms with van der Waals surface area (Å²) in [6.45, 7) is 1.93. The van der Waals surface area contributed by atoms with Gasteiger partial charge in [-0.05, 0) is 6.92 Å². The number of hydrogen-bond donors (Lipinski definition) is 0. The molecule has 3 aromatic rings. The van der Waals surface area contributed by atoms with E-state index in [2.05, 4.69) is 15.0 Å². The van der Waals surface area contributed by atoms with Gasteiger partial charge in [-0.1, -0.05) is 41.9 Å². The van der Waals surface area contributed by atoms with Crippen LogP contribution in [0, 0.1) is 6.92 Å². The third-order valence-corrected chi connectivity index (χ3v) is 3.89. The summed E-state index contributed by atoms with van der Waals surface area (Å²) < 4.78 is 0. The molecule has 3 nitrogen and oxygen atoms in total. The largest absolute Gasteiger partial charge is 0.241 e. The summed E-state index contributed by atoms with van der Waals surface area (Å²) in [6, 6.07) is 9.96. The van der Waals surface area contributed by atoms with Gasteiger partial charge in [-0.3, -0.25) is 0 Å². The number of thiazole rings is 1. The van der Waals surface area contributed by atoms with Crippen LogP contribution >= 0.6 is 22.9 Å². The molecule has 0 radical (unpaired) electrons. The minimum absolute atomic E-state index is 0.471. The van der Waals surface area contributed by atoms with Gasteiger partial charge in [0, 0.05) is 22.7 Å². The van der Waals surface area contributed by atoms with Gasteiger partial charge in [0.1, 0.15) is 5.15 Å². The Balaban J connectivity index is 2.20. The molecule has 0 N–H and O–H groups in total. The average molecular weight is 288 g/mol. The third kappa shape index (κ3) is 2.37. The molecule has 0 amide bonds. The van der Waals surface area contributed by atoms with Gasteiger partial charge < -0.3 is 0 Å². The van der Waals surface area contributed by atoms with Gasteiger partial charge in [-0.2, -0.15) is 0 Å². The van der Waals surface area contributed by atoms with E-state index in [1.165, 1.54) is 11.3 Å². The first kappa shape index (κ1) is 12.3. The maximum Gasteiger partial charge on any atom is 0.190 e. The summed E-state index contributed by atoms with van der Waals surface area (Å²) in [7, 11) is 0. The van der Waals surface area contributed by atoms with Crippen LogP contribution in [0.2, 0.25) is 5.15 Å². The molecular formula is C14H10ClN3S. The van der Waals surface area contributed by atoms with Crippen molar-refractivity contribution in [2.45, 2.75) is 6.92 Å². The molecule has 0 atom stereocenters. The zero-order valence-electron chi connectivity index (χ0n) is 10.2. The smallest absolute Gasteiger partial charge is 0.190 e. The Morgan fingerprint density at radius 1 is 1.11 bits per heavy atom. The van der Waals surface area contributed by atoms with Crippen LogP contribution in [-0.2, 0) is 0 Å². The summed E-state index contributed by atoms with van der Waals surface area (Å²) in [5.74, 6) is 0.574. The van der Waals surface area contributed by atoms with E-state index in [9.17, 15) is 0 Å². The van der Waals surface area contributed by atoms with Crippen molar-refractivity contribution in [2.75, 3.05) is 0 Å². The Bertz CT molecular complexity index is 696. The highest BCUT2D eigenvalue weighted by atomic mass is 35.5. The fraction of sp³-hybridized carbons (Fsp3) is 0.0714. The number of hydrogen-bond acceptors (Lipinski definition) is 4. The third-order valence-electron chi connectivity index (χ3n) is 2.76. The molecule has 0 aliphatic rings. The van der Waals surface area contributed by atoms with E-state index < -0.39 is 0 Å². The van der Waals surface area contributed by atoms with Crippen LogP contribution in [0.5, 0.6) is 0 Å². The molecule has 0 saturated carbocycles. The van der Waals surface area contributed by atoms with E-state index >= 15 is 0 Å². The monoisotopic (exact) mass is 287 g/mol. The fourth-order valence-electron chi connectivity index (χ4n) is 1.80. The van der Waals surface area contributed by atoms with Crippen LogP contribution in [0.15, 0.2) is 41.9 Å². The lowest BCUT2D eigenvalue weighted by atomic mass is 10.1. The molecule has 5 heteroatoms. The zero-order valence-corrected chi connectivity index (χ0v) is 11.7. The molecule has 0 aliphatic heterocycles. The van der Waals surface area contributed by atoms with Crippen LogP contribution in [0.3, 0.4) is 0 Å². The second-order valence-electron chi connectivity index (χ2n) is 4.01. The molecule has 94 valence electrons. The lowest BCUT2D eigenvalue weighted by Crippen LogP contribution is -1.96. The molecule has 0 spiro atoms. The van der Waals surface area contributed by atoms with Crippen molar-refractivity contribution in [2.24, 2.45) is 0 Å². The van der Waals surface area contributed by atoms with E-state index in [1.807, 2.05) is 42.6 Å². The summed E-state index contributed by atoms with van der Waals surface area (Å²) in [6.07, 6.45) is 1.74. The summed E-state index contributed by atoms with van der Waals surface area (Å²) in [5, 5.41) is 3.15. The second-order valence-corrected chi connectivity index (χ2v) is 5.27. The number of aromatic nitrogens is 3. The van der Waals surface area contributed by atoms with Gasteiger partial charge in [0.25, 0.3) is 0 Å². The van der Waals surface area contributed by atoms with Gasteiger partial charge in [0.15, 0.2) is 10.8 Å². The van der Waals surface area contributed by atoms with Gasteiger partial charge >= 0.3 is 0 Å². The average Bonchev–Trinajstić information content (AvgIpc) is 2.97. The summed E-state index contributed by atoms with van der Waals surface area (Å²) >= 11 is 7.71. The lowest BCUT2D eigenvalue weighted by Gasteiger charge is -2.08. The quantitative estimate of drug-likeness (QED) is 0.662. The number of rotatable bonds is 2. The van der Waals surface area contributed by atoms with Gasteiger partial charge in [0.05, 0.1) is 5.69 Å². The Morgan fingerprint density at radius 3 is 2.58 bits per heavy atom. The van der Waals surface area contributed by atoms with Crippen molar-refractivity contribution in [3.8, 4) is 22.1 Å². The second kappa shape index (κ2) is 5.07. The van der Waals surface area contributed by atoms with Crippen molar-refractivity contribution in [3.05, 3.63) is 52.6 Å². The minimum Gasteiger partial charge on any atom is -0.241 e. The molecule has 2 aromatic heterocycles. The number of nitrogens with zero attached hydrogens (tertiary/aromatic N) is 3. The Labute approximate surface area is 120 Å². The molecule has 3 rings (SSSR count). The van der Waals surface area contributed by atoms with Crippen molar-refractivity contribution in [1.82, 2.24) is 15.0 Å². The molecule has 0 saturated heterocycles. The van der Waals surface area contributed by atoms with Crippen LogP contribution < -0.4 is 0 Å². The zero-order chi connectivity index (χ0) is 13.2. The predicted molar refractivity (Wildman–Crippen MR) is 78.3 cm³/mol. The highest BCUT2D eigenvalue weighted by molar-refractivity contribution is 7.13. The molecule has 1 aromatic carbocycles. The van der Waals surface area contributed by atoms with E-state index in [1.54, 1.807) is 6.20 Å². The van der Waals surface area contributed by atoms with Crippen LogP contribution in [0.1, 0.15) is 5.56 Å². The molecule has 0 aliphatic carbocycles. The summed E-state index contributed by atoms with van der Waals surface area (Å²) in [5.41, 5.74) is 2.76. The standard InChI is InChI=1S/C14H10ClN3S/c1-9-11(10-5-3-2-4-6-10)17-13(18-12(9)15)14-16-7-8-19-14/h2-8H,1H3. The minimum atomic E-state index is 0.471. The topological polar surface area (TPSA) is 38.7 Å². The van der Waals surface area contributed by atoms with E-state index in [-0.39, 0.29) is 0 Å². The maximum atomic E-state index is 6.21. The normalized spacial score (nSPS) is 10.6. The molecule has 19 heavy (non-hydrogen) atoms. The Kier molecular flexibility index (Phi) is 3.27. The van der Waals surface area contributed by atoms with Crippen molar-refractivity contribution in [1.29, 1.82) is 0 Å². The van der Waals surface area contributed by atoms with Crippen molar-refractivity contribution in [3.63, 3.8) is 0 Å². The van der Waals surface area contributed by atoms with E-state index in [0.29, 0.717) is 11.0 Å². The predicted octanol–water partition coefficient (Wildman–Crippen LogP) is 4.23. The number of benzene rings is 1. The first-order valence-electron chi connectivity index (χ1n) is 5.75. The van der Waals surface area contributed by atoms with Crippen LogP contribution in [0.25, 0.3) is 22.1 Å². The van der Waals surface area contributed by atoms with Crippen molar-refractivity contribution < 1.29 is 0 Å². The molecule has 0 unspecified atom stereocenters. The fourth-order valence-corrected chi connectivity index (χ4v) is 2.53. The Morgan fingerprint density at radius 2 is 1.89 bits per heavy atom. The highest BCUT2D eigenvalue weighted by Gasteiger charge is 2.13. The molecular weight excluding hydrogens is 278 g/mol. The first-order chi connectivity index (χ1) is 9.25.